The number of likely N-dealkylation sites (tertiary alicyclic amines) is 1. The summed E-state index contributed by atoms with van der Waals surface area (Å²) >= 11 is 0. The van der Waals surface area contributed by atoms with Crippen LogP contribution in [0.2, 0.25) is 0 Å². The molecule has 0 radical (unpaired) electrons. The van der Waals surface area contributed by atoms with Gasteiger partial charge in [0.1, 0.15) is 0 Å². The van der Waals surface area contributed by atoms with Crippen molar-refractivity contribution in [1.82, 2.24) is 9.80 Å². The molecule has 0 aliphatic carbocycles. The molecule has 4 heteroatoms. The summed E-state index contributed by atoms with van der Waals surface area (Å²) in [7, 11) is 4.00. The van der Waals surface area contributed by atoms with Crippen molar-refractivity contribution in [3.8, 4) is 0 Å². The normalized spacial score (nSPS) is 19.6. The molecule has 1 fully saturated rings. The van der Waals surface area contributed by atoms with Crippen molar-refractivity contribution in [2.45, 2.75) is 25.8 Å². The molecule has 1 unspecified atom stereocenters. The molecular weight excluding hydrogens is 238 g/mol. The topological polar surface area (TPSA) is 49.6 Å². The molecule has 1 atom stereocenters. The van der Waals surface area contributed by atoms with Gasteiger partial charge in [-0.2, -0.15) is 0 Å². The number of benzene rings is 1. The number of carbonyl (C=O) groups excluding carboxylic acids is 1. The Hall–Kier alpha value is -1.55. The van der Waals surface area contributed by atoms with E-state index < -0.39 is 0 Å². The Labute approximate surface area is 115 Å². The van der Waals surface area contributed by atoms with Crippen LogP contribution in [0.25, 0.3) is 0 Å². The van der Waals surface area contributed by atoms with E-state index in [-0.39, 0.29) is 5.91 Å². The molecule has 4 nitrogen and oxygen atoms in total. The van der Waals surface area contributed by atoms with Gasteiger partial charge in [0.25, 0.3) is 5.91 Å². The van der Waals surface area contributed by atoms with Crippen LogP contribution in [0, 0.1) is 6.92 Å². The first kappa shape index (κ1) is 13.9. The van der Waals surface area contributed by atoms with Crippen LogP contribution < -0.4 is 5.73 Å². The number of amides is 1. The molecule has 19 heavy (non-hydrogen) atoms. The Morgan fingerprint density at radius 3 is 2.84 bits per heavy atom. The van der Waals surface area contributed by atoms with E-state index in [4.69, 9.17) is 5.73 Å². The molecule has 1 aromatic rings. The third-order valence-electron chi connectivity index (χ3n) is 4.02. The van der Waals surface area contributed by atoms with E-state index in [9.17, 15) is 4.79 Å². The van der Waals surface area contributed by atoms with Crippen molar-refractivity contribution < 1.29 is 4.79 Å². The fourth-order valence-corrected chi connectivity index (χ4v) is 2.64. The van der Waals surface area contributed by atoms with E-state index in [0.29, 0.717) is 6.04 Å². The van der Waals surface area contributed by atoms with Gasteiger partial charge in [0.05, 0.1) is 0 Å². The number of carbonyl (C=O) groups is 1. The first-order valence-corrected chi connectivity index (χ1v) is 6.81. The Kier molecular flexibility index (Phi) is 4.10. The third kappa shape index (κ3) is 3.07. The molecule has 2 rings (SSSR count). The maximum atomic E-state index is 12.4. The van der Waals surface area contributed by atoms with Gasteiger partial charge in [0.2, 0.25) is 0 Å². The molecule has 0 aromatic heterocycles. The van der Waals surface area contributed by atoms with Crippen LogP contribution in [0.4, 0.5) is 5.69 Å². The summed E-state index contributed by atoms with van der Waals surface area (Å²) in [5, 5.41) is 0. The Balaban J connectivity index is 2.03. The molecule has 1 aliphatic heterocycles. The predicted molar refractivity (Wildman–Crippen MR) is 78.2 cm³/mol. The summed E-state index contributed by atoms with van der Waals surface area (Å²) in [5.74, 6) is 0.0726. The zero-order valence-electron chi connectivity index (χ0n) is 12.0. The first-order valence-electron chi connectivity index (χ1n) is 6.81. The highest BCUT2D eigenvalue weighted by Crippen LogP contribution is 2.18. The number of hydrogen-bond donors (Lipinski definition) is 1. The lowest BCUT2D eigenvalue weighted by molar-refractivity contribution is 0.0761. The molecule has 0 saturated carbocycles. The molecule has 1 aromatic carbocycles. The molecule has 1 saturated heterocycles. The molecule has 0 bridgehead atoms. The summed E-state index contributed by atoms with van der Waals surface area (Å²) in [6, 6.07) is 5.97. The molecule has 1 heterocycles. The second-order valence-corrected chi connectivity index (χ2v) is 5.53. The second kappa shape index (κ2) is 5.61. The standard InChI is InChI=1S/C15H23N3O/c1-11-9-12(6-7-14(11)16)15(19)18(3)10-13-5-4-8-17(13)2/h6-7,9,13H,4-5,8,10,16H2,1-3H3. The number of rotatable bonds is 3. The number of hydrogen-bond acceptors (Lipinski definition) is 3. The Bertz CT molecular complexity index is 472. The van der Waals surface area contributed by atoms with E-state index in [0.717, 1.165) is 29.9 Å². The molecule has 2 N–H and O–H groups in total. The smallest absolute Gasteiger partial charge is 0.253 e. The van der Waals surface area contributed by atoms with Gasteiger partial charge >= 0.3 is 0 Å². The molecule has 1 aliphatic rings. The highest BCUT2D eigenvalue weighted by molar-refractivity contribution is 5.94. The van der Waals surface area contributed by atoms with Gasteiger partial charge in [-0.25, -0.2) is 0 Å². The fraction of sp³-hybridized carbons (Fsp3) is 0.533. The molecule has 0 spiro atoms. The number of nitrogens with zero attached hydrogens (tertiary/aromatic N) is 2. The van der Waals surface area contributed by atoms with E-state index in [1.807, 2.05) is 24.9 Å². The summed E-state index contributed by atoms with van der Waals surface area (Å²) in [6.07, 6.45) is 2.40. The number of anilines is 1. The largest absolute Gasteiger partial charge is 0.399 e. The maximum Gasteiger partial charge on any atom is 0.253 e. The third-order valence-corrected chi connectivity index (χ3v) is 4.02. The second-order valence-electron chi connectivity index (χ2n) is 5.53. The van der Waals surface area contributed by atoms with Crippen molar-refractivity contribution in [2.75, 3.05) is 32.9 Å². The van der Waals surface area contributed by atoms with Crippen LogP contribution in [0.1, 0.15) is 28.8 Å². The van der Waals surface area contributed by atoms with E-state index in [2.05, 4.69) is 11.9 Å². The van der Waals surface area contributed by atoms with Gasteiger partial charge in [-0.1, -0.05) is 0 Å². The zero-order valence-corrected chi connectivity index (χ0v) is 12.0. The van der Waals surface area contributed by atoms with Gasteiger partial charge in [-0.05, 0) is 57.1 Å². The quantitative estimate of drug-likeness (QED) is 0.843. The van der Waals surface area contributed by atoms with Gasteiger partial charge in [-0.3, -0.25) is 4.79 Å². The SMILES string of the molecule is Cc1cc(C(=O)N(C)CC2CCCN2C)ccc1N. The predicted octanol–water partition coefficient (Wildman–Crippen LogP) is 1.74. The summed E-state index contributed by atoms with van der Waals surface area (Å²) in [5.41, 5.74) is 8.19. The van der Waals surface area contributed by atoms with Crippen LogP contribution in [0.5, 0.6) is 0 Å². The van der Waals surface area contributed by atoms with Crippen molar-refractivity contribution in [2.24, 2.45) is 0 Å². The lowest BCUT2D eigenvalue weighted by Gasteiger charge is -2.26. The number of nitrogen functional groups attached to an aromatic ring is 1. The Morgan fingerprint density at radius 1 is 1.53 bits per heavy atom. The zero-order chi connectivity index (χ0) is 14.0. The van der Waals surface area contributed by atoms with Gasteiger partial charge in [0, 0.05) is 30.9 Å². The summed E-state index contributed by atoms with van der Waals surface area (Å²) in [6.45, 7) is 3.85. The molecule has 104 valence electrons. The van der Waals surface area contributed by atoms with Crippen molar-refractivity contribution >= 4 is 11.6 Å². The summed E-state index contributed by atoms with van der Waals surface area (Å²) < 4.78 is 0. The fourth-order valence-electron chi connectivity index (χ4n) is 2.64. The van der Waals surface area contributed by atoms with Crippen LogP contribution in [0.3, 0.4) is 0 Å². The van der Waals surface area contributed by atoms with Crippen LogP contribution in [-0.4, -0.2) is 48.9 Å². The highest BCUT2D eigenvalue weighted by atomic mass is 16.2. The van der Waals surface area contributed by atoms with Crippen LogP contribution >= 0.6 is 0 Å². The number of nitrogens with two attached hydrogens (primary N) is 1. The van der Waals surface area contributed by atoms with Gasteiger partial charge in [-0.15, -0.1) is 0 Å². The minimum atomic E-state index is 0.0726. The van der Waals surface area contributed by atoms with Crippen molar-refractivity contribution in [1.29, 1.82) is 0 Å². The van der Waals surface area contributed by atoms with E-state index in [1.54, 1.807) is 12.1 Å². The lowest BCUT2D eigenvalue weighted by Crippen LogP contribution is -2.39. The van der Waals surface area contributed by atoms with E-state index in [1.165, 1.54) is 12.8 Å². The highest BCUT2D eigenvalue weighted by Gasteiger charge is 2.24. The average Bonchev–Trinajstić information content (AvgIpc) is 2.77. The van der Waals surface area contributed by atoms with Crippen molar-refractivity contribution in [3.63, 3.8) is 0 Å². The van der Waals surface area contributed by atoms with Gasteiger partial charge < -0.3 is 15.5 Å². The average molecular weight is 261 g/mol. The maximum absolute atomic E-state index is 12.4. The number of likely N-dealkylation sites (N-methyl/N-ethyl adjacent to an activating group) is 2. The minimum Gasteiger partial charge on any atom is -0.399 e. The summed E-state index contributed by atoms with van der Waals surface area (Å²) in [4.78, 5) is 16.5. The lowest BCUT2D eigenvalue weighted by atomic mass is 10.1. The van der Waals surface area contributed by atoms with Crippen LogP contribution in [-0.2, 0) is 0 Å². The van der Waals surface area contributed by atoms with Crippen molar-refractivity contribution in [3.05, 3.63) is 29.3 Å². The monoisotopic (exact) mass is 261 g/mol. The molecular formula is C15H23N3O. The first-order chi connectivity index (χ1) is 8.99. The number of aryl methyl sites for hydroxylation is 1. The van der Waals surface area contributed by atoms with Gasteiger partial charge in [0.15, 0.2) is 0 Å². The minimum absolute atomic E-state index is 0.0726. The van der Waals surface area contributed by atoms with E-state index >= 15 is 0 Å². The Morgan fingerprint density at radius 2 is 2.26 bits per heavy atom. The molecule has 1 amide bonds. The van der Waals surface area contributed by atoms with Crippen LogP contribution in [0.15, 0.2) is 18.2 Å².